The molecule has 152 valence electrons. The Kier molecular flexibility index (Phi) is 7.14. The summed E-state index contributed by atoms with van der Waals surface area (Å²) in [5.74, 6) is 0.572. The van der Waals surface area contributed by atoms with E-state index in [0.717, 1.165) is 32.5 Å². The minimum absolute atomic E-state index is 0.250. The lowest BCUT2D eigenvalue weighted by atomic mass is 9.68. The van der Waals surface area contributed by atoms with Crippen molar-refractivity contribution in [3.63, 3.8) is 0 Å². The number of hydrogen-bond donors (Lipinski definition) is 1. The predicted molar refractivity (Wildman–Crippen MR) is 118 cm³/mol. The van der Waals surface area contributed by atoms with Crippen LogP contribution in [-0.2, 0) is 16.7 Å². The zero-order valence-electron chi connectivity index (χ0n) is 18.0. The van der Waals surface area contributed by atoms with Gasteiger partial charge in [0.1, 0.15) is 6.54 Å². The van der Waals surface area contributed by atoms with Gasteiger partial charge in [-0.05, 0) is 36.5 Å². The second kappa shape index (κ2) is 9.58. The topological polar surface area (TPSA) is 29.1 Å². The number of anilines is 1. The van der Waals surface area contributed by atoms with Crippen LogP contribution in [-0.4, -0.2) is 33.4 Å². The summed E-state index contributed by atoms with van der Waals surface area (Å²) in [6, 6.07) is 20.1. The molecule has 0 bridgehead atoms. The number of nitrogens with zero attached hydrogens (tertiary/aromatic N) is 1. The summed E-state index contributed by atoms with van der Waals surface area (Å²) < 4.78 is 6.11. The van der Waals surface area contributed by atoms with Gasteiger partial charge in [0.15, 0.2) is 0 Å². The quantitative estimate of drug-likeness (QED) is 0.701. The summed E-state index contributed by atoms with van der Waals surface area (Å²) in [6.45, 7) is 7.64. The fourth-order valence-corrected chi connectivity index (χ4v) is 4.38. The molecule has 1 aliphatic heterocycles. The number of hydrogen-bond acceptors (Lipinski definition) is 2. The number of quaternary nitrogens is 1. The Morgan fingerprint density at radius 1 is 1.07 bits per heavy atom. The standard InChI is InChI=1S/C25H36N2O/c1-20(2)24-18-25(15-17-28-24,22-8-6-5-7-9-22)14-16-26-19-21-10-12-23(13-11-21)27(3)4/h5-13,20,24,26H,14-19H2,1-4H3/p+1/t24-,25-/m1/s1. The highest BCUT2D eigenvalue weighted by Crippen LogP contribution is 2.41. The summed E-state index contributed by atoms with van der Waals surface area (Å²) in [6.07, 6.45) is 3.85. The van der Waals surface area contributed by atoms with E-state index in [1.807, 2.05) is 0 Å². The van der Waals surface area contributed by atoms with Crippen molar-refractivity contribution >= 4 is 5.69 Å². The van der Waals surface area contributed by atoms with E-state index >= 15 is 0 Å². The number of benzene rings is 2. The largest absolute Gasteiger partial charge is 0.378 e. The molecule has 2 aromatic carbocycles. The Hall–Kier alpha value is -1.84. The molecule has 2 aromatic rings. The van der Waals surface area contributed by atoms with Crippen molar-refractivity contribution < 1.29 is 10.1 Å². The SMILES string of the molecule is CC(C)[C@H]1C[C@](CC[NH2+]Cc2ccc(N(C)C)cc2)(c2ccccc2)CCO1. The maximum atomic E-state index is 6.11. The molecule has 1 aliphatic rings. The highest BCUT2D eigenvalue weighted by atomic mass is 16.5. The molecular formula is C25H37N2O+. The minimum atomic E-state index is 0.250. The van der Waals surface area contributed by atoms with Crippen molar-refractivity contribution in [2.45, 2.75) is 51.2 Å². The molecule has 2 N–H and O–H groups in total. The first kappa shape index (κ1) is 20.9. The van der Waals surface area contributed by atoms with E-state index in [4.69, 9.17) is 4.74 Å². The van der Waals surface area contributed by atoms with Crippen LogP contribution < -0.4 is 10.2 Å². The van der Waals surface area contributed by atoms with E-state index in [-0.39, 0.29) is 5.41 Å². The highest BCUT2D eigenvalue weighted by Gasteiger charge is 2.39. The summed E-state index contributed by atoms with van der Waals surface area (Å²) >= 11 is 0. The van der Waals surface area contributed by atoms with E-state index in [0.29, 0.717) is 12.0 Å². The number of ether oxygens (including phenoxy) is 1. The molecule has 3 heteroatoms. The van der Waals surface area contributed by atoms with Crippen LogP contribution in [0.3, 0.4) is 0 Å². The molecule has 0 aromatic heterocycles. The molecule has 3 nitrogen and oxygen atoms in total. The lowest BCUT2D eigenvalue weighted by Crippen LogP contribution is -2.83. The second-order valence-corrected chi connectivity index (χ2v) is 8.85. The van der Waals surface area contributed by atoms with Gasteiger partial charge in [0.05, 0.1) is 12.6 Å². The van der Waals surface area contributed by atoms with E-state index in [9.17, 15) is 0 Å². The molecule has 0 aliphatic carbocycles. The lowest BCUT2D eigenvalue weighted by Gasteiger charge is -2.42. The molecule has 0 spiro atoms. The molecule has 2 atom stereocenters. The molecule has 1 saturated heterocycles. The Labute approximate surface area is 171 Å². The van der Waals surface area contributed by atoms with Crippen LogP contribution >= 0.6 is 0 Å². The van der Waals surface area contributed by atoms with Crippen molar-refractivity contribution in [3.05, 3.63) is 65.7 Å². The van der Waals surface area contributed by atoms with E-state index in [1.165, 1.54) is 23.2 Å². The van der Waals surface area contributed by atoms with Gasteiger partial charge in [0.2, 0.25) is 0 Å². The van der Waals surface area contributed by atoms with Crippen LogP contribution in [0.5, 0.6) is 0 Å². The van der Waals surface area contributed by atoms with Crippen molar-refractivity contribution in [1.82, 2.24) is 0 Å². The fourth-order valence-electron chi connectivity index (χ4n) is 4.38. The summed E-state index contributed by atoms with van der Waals surface area (Å²) in [5, 5.41) is 2.47. The van der Waals surface area contributed by atoms with Crippen LogP contribution in [0.25, 0.3) is 0 Å². The van der Waals surface area contributed by atoms with Gasteiger partial charge in [0, 0.05) is 43.8 Å². The van der Waals surface area contributed by atoms with Crippen molar-refractivity contribution in [2.75, 3.05) is 32.1 Å². The third kappa shape index (κ3) is 5.15. The third-order valence-corrected chi connectivity index (χ3v) is 6.29. The van der Waals surface area contributed by atoms with Crippen LogP contribution in [0.15, 0.2) is 54.6 Å². The van der Waals surface area contributed by atoms with Gasteiger partial charge in [-0.1, -0.05) is 56.3 Å². The Balaban J connectivity index is 1.62. The van der Waals surface area contributed by atoms with E-state index in [1.54, 1.807) is 0 Å². The van der Waals surface area contributed by atoms with Crippen molar-refractivity contribution in [1.29, 1.82) is 0 Å². The van der Waals surface area contributed by atoms with Gasteiger partial charge in [-0.3, -0.25) is 0 Å². The zero-order chi connectivity index (χ0) is 20.0. The van der Waals surface area contributed by atoms with Crippen molar-refractivity contribution in [3.8, 4) is 0 Å². The van der Waals surface area contributed by atoms with Gasteiger partial charge in [-0.2, -0.15) is 0 Å². The van der Waals surface area contributed by atoms with Crippen LogP contribution in [0.2, 0.25) is 0 Å². The number of rotatable bonds is 8. The Morgan fingerprint density at radius 3 is 2.43 bits per heavy atom. The molecule has 0 radical (unpaired) electrons. The van der Waals surface area contributed by atoms with Gasteiger partial charge >= 0.3 is 0 Å². The van der Waals surface area contributed by atoms with Gasteiger partial charge in [-0.25, -0.2) is 0 Å². The van der Waals surface area contributed by atoms with Gasteiger partial charge in [-0.15, -0.1) is 0 Å². The molecule has 0 amide bonds. The second-order valence-electron chi connectivity index (χ2n) is 8.85. The summed E-state index contributed by atoms with van der Waals surface area (Å²) in [4.78, 5) is 2.15. The monoisotopic (exact) mass is 381 g/mol. The van der Waals surface area contributed by atoms with Crippen LogP contribution in [0.1, 0.15) is 44.2 Å². The summed E-state index contributed by atoms with van der Waals surface area (Å²) in [7, 11) is 4.17. The first-order valence-electron chi connectivity index (χ1n) is 10.8. The average Bonchev–Trinajstić information content (AvgIpc) is 2.72. The fraction of sp³-hybridized carbons (Fsp3) is 0.520. The Bertz CT molecular complexity index is 711. The van der Waals surface area contributed by atoms with E-state index < -0.39 is 0 Å². The van der Waals surface area contributed by atoms with Gasteiger partial charge in [0.25, 0.3) is 0 Å². The van der Waals surface area contributed by atoms with Crippen LogP contribution in [0.4, 0.5) is 5.69 Å². The molecule has 28 heavy (non-hydrogen) atoms. The lowest BCUT2D eigenvalue weighted by molar-refractivity contribution is -0.671. The smallest absolute Gasteiger partial charge is 0.101 e. The average molecular weight is 382 g/mol. The van der Waals surface area contributed by atoms with E-state index in [2.05, 4.69) is 92.8 Å². The Morgan fingerprint density at radius 2 is 1.79 bits per heavy atom. The summed E-state index contributed by atoms with van der Waals surface area (Å²) in [5.41, 5.74) is 4.40. The molecule has 0 saturated carbocycles. The first-order chi connectivity index (χ1) is 13.5. The third-order valence-electron chi connectivity index (χ3n) is 6.29. The first-order valence-corrected chi connectivity index (χ1v) is 10.8. The minimum Gasteiger partial charge on any atom is -0.378 e. The molecule has 0 unspecified atom stereocenters. The predicted octanol–water partition coefficient (Wildman–Crippen LogP) is 3.98. The normalized spacial score (nSPS) is 22.4. The molecule has 3 rings (SSSR count). The van der Waals surface area contributed by atoms with Crippen LogP contribution in [0, 0.1) is 5.92 Å². The molecule has 1 fully saturated rings. The zero-order valence-corrected chi connectivity index (χ0v) is 18.0. The van der Waals surface area contributed by atoms with Crippen molar-refractivity contribution in [2.24, 2.45) is 5.92 Å². The molecular weight excluding hydrogens is 344 g/mol. The number of nitrogens with two attached hydrogens (primary N) is 1. The molecule has 1 heterocycles. The van der Waals surface area contributed by atoms with Gasteiger partial charge < -0.3 is 15.0 Å². The maximum Gasteiger partial charge on any atom is 0.101 e. The highest BCUT2D eigenvalue weighted by molar-refractivity contribution is 5.45. The maximum absolute atomic E-state index is 6.11.